The zero-order valence-corrected chi connectivity index (χ0v) is 12.2. The van der Waals surface area contributed by atoms with E-state index in [1.165, 1.54) is 12.8 Å². The van der Waals surface area contributed by atoms with Crippen LogP contribution in [0, 0.1) is 5.41 Å². The van der Waals surface area contributed by atoms with Crippen molar-refractivity contribution in [1.82, 2.24) is 15.0 Å². The molecule has 0 aliphatic heterocycles. The fourth-order valence-electron chi connectivity index (χ4n) is 1.92. The molecule has 104 valence electrons. The second-order valence-electron chi connectivity index (χ2n) is 5.86. The van der Waals surface area contributed by atoms with Crippen LogP contribution < -0.4 is 5.73 Å². The molecule has 0 unspecified atom stereocenters. The van der Waals surface area contributed by atoms with Crippen LogP contribution in [0.25, 0.3) is 0 Å². The molecule has 1 saturated carbocycles. The maximum atomic E-state index is 5.72. The minimum atomic E-state index is 0. The highest BCUT2D eigenvalue weighted by atomic mass is 35.5. The number of hydrogen-bond acceptors (Lipinski definition) is 5. The van der Waals surface area contributed by atoms with E-state index < -0.39 is 0 Å². The van der Waals surface area contributed by atoms with Gasteiger partial charge in [0, 0.05) is 12.5 Å². The fourth-order valence-corrected chi connectivity index (χ4v) is 1.92. The lowest BCUT2D eigenvalue weighted by molar-refractivity contribution is 0.189. The van der Waals surface area contributed by atoms with Crippen LogP contribution in [0.4, 0.5) is 0 Å². The molecule has 0 radical (unpaired) electrons. The molecule has 2 rings (SSSR count). The predicted molar refractivity (Wildman–Crippen MR) is 72.7 cm³/mol. The molecular weight excluding hydrogens is 252 g/mol. The molecule has 1 fully saturated rings. The first kappa shape index (κ1) is 15.4. The maximum absolute atomic E-state index is 5.72. The van der Waals surface area contributed by atoms with Crippen molar-refractivity contribution < 1.29 is 4.52 Å². The Morgan fingerprint density at radius 1 is 1.44 bits per heavy atom. The van der Waals surface area contributed by atoms with Gasteiger partial charge in [-0.25, -0.2) is 0 Å². The van der Waals surface area contributed by atoms with Gasteiger partial charge in [-0.15, -0.1) is 12.4 Å². The van der Waals surface area contributed by atoms with Crippen LogP contribution in [-0.2, 0) is 6.54 Å². The highest BCUT2D eigenvalue weighted by Crippen LogP contribution is 2.38. The maximum Gasteiger partial charge on any atom is 0.240 e. The van der Waals surface area contributed by atoms with Gasteiger partial charge in [0.1, 0.15) is 0 Å². The van der Waals surface area contributed by atoms with Gasteiger partial charge in [-0.05, 0) is 31.8 Å². The average molecular weight is 275 g/mol. The molecule has 0 bridgehead atoms. The van der Waals surface area contributed by atoms with Crippen LogP contribution >= 0.6 is 12.4 Å². The number of aromatic nitrogens is 2. The lowest BCUT2D eigenvalue weighted by atomic mass is 9.93. The molecule has 1 aliphatic carbocycles. The van der Waals surface area contributed by atoms with E-state index in [4.69, 9.17) is 10.3 Å². The van der Waals surface area contributed by atoms with Crippen LogP contribution in [0.15, 0.2) is 4.52 Å². The van der Waals surface area contributed by atoms with Gasteiger partial charge in [0.15, 0.2) is 5.82 Å². The van der Waals surface area contributed by atoms with Gasteiger partial charge < -0.3 is 10.3 Å². The Balaban J connectivity index is 0.00000162. The number of hydrogen-bond donors (Lipinski definition) is 1. The van der Waals surface area contributed by atoms with E-state index in [1.54, 1.807) is 0 Å². The quantitative estimate of drug-likeness (QED) is 0.856. The Kier molecular flexibility index (Phi) is 5.13. The largest absolute Gasteiger partial charge is 0.338 e. The fraction of sp³-hybridized carbons (Fsp3) is 0.833. The molecule has 5 nitrogen and oxygen atoms in total. The van der Waals surface area contributed by atoms with E-state index in [0.29, 0.717) is 24.9 Å². The van der Waals surface area contributed by atoms with Crippen molar-refractivity contribution >= 4 is 12.4 Å². The van der Waals surface area contributed by atoms with Gasteiger partial charge >= 0.3 is 0 Å². The molecule has 1 aromatic rings. The first-order chi connectivity index (χ1) is 8.00. The monoisotopic (exact) mass is 274 g/mol. The molecule has 0 atom stereocenters. The van der Waals surface area contributed by atoms with Crippen molar-refractivity contribution in [3.8, 4) is 0 Å². The second-order valence-corrected chi connectivity index (χ2v) is 5.86. The van der Waals surface area contributed by atoms with E-state index in [0.717, 1.165) is 12.4 Å². The topological polar surface area (TPSA) is 68.2 Å². The lowest BCUT2D eigenvalue weighted by Gasteiger charge is -2.27. The molecule has 0 saturated heterocycles. The third kappa shape index (κ3) is 4.23. The van der Waals surface area contributed by atoms with Gasteiger partial charge in [-0.2, -0.15) is 4.98 Å². The summed E-state index contributed by atoms with van der Waals surface area (Å²) in [7, 11) is 2.05. The van der Waals surface area contributed by atoms with Gasteiger partial charge in [0.2, 0.25) is 5.89 Å². The van der Waals surface area contributed by atoms with E-state index in [-0.39, 0.29) is 17.8 Å². The summed E-state index contributed by atoms with van der Waals surface area (Å²) in [5.74, 6) is 2.15. The summed E-state index contributed by atoms with van der Waals surface area (Å²) in [6.07, 6.45) is 2.41. The summed E-state index contributed by atoms with van der Waals surface area (Å²) in [6.45, 7) is 6.61. The third-order valence-electron chi connectivity index (χ3n) is 3.08. The van der Waals surface area contributed by atoms with Gasteiger partial charge in [0.05, 0.1) is 6.54 Å². The van der Waals surface area contributed by atoms with Crippen LogP contribution in [0.5, 0.6) is 0 Å². The van der Waals surface area contributed by atoms with Crippen molar-refractivity contribution in [2.45, 2.75) is 39.2 Å². The van der Waals surface area contributed by atoms with Crippen molar-refractivity contribution in [2.24, 2.45) is 11.1 Å². The summed E-state index contributed by atoms with van der Waals surface area (Å²) >= 11 is 0. The van der Waals surface area contributed by atoms with Gasteiger partial charge in [-0.3, -0.25) is 4.90 Å². The van der Waals surface area contributed by atoms with E-state index in [2.05, 4.69) is 35.9 Å². The molecule has 0 spiro atoms. The first-order valence-electron chi connectivity index (χ1n) is 6.21. The predicted octanol–water partition coefficient (Wildman–Crippen LogP) is 1.79. The Labute approximate surface area is 115 Å². The minimum Gasteiger partial charge on any atom is -0.338 e. The first-order valence-corrected chi connectivity index (χ1v) is 6.21. The Bertz CT molecular complexity index is 376. The van der Waals surface area contributed by atoms with Crippen LogP contribution in [0.1, 0.15) is 44.3 Å². The number of nitrogens with two attached hydrogens (primary N) is 1. The van der Waals surface area contributed by atoms with E-state index in [1.807, 2.05) is 0 Å². The average Bonchev–Trinajstić information content (AvgIpc) is 3.00. The smallest absolute Gasteiger partial charge is 0.240 e. The lowest BCUT2D eigenvalue weighted by Crippen LogP contribution is -2.36. The molecule has 0 aromatic carbocycles. The number of halogens is 1. The Morgan fingerprint density at radius 3 is 2.67 bits per heavy atom. The van der Waals surface area contributed by atoms with Gasteiger partial charge in [0.25, 0.3) is 0 Å². The summed E-state index contributed by atoms with van der Waals surface area (Å²) < 4.78 is 5.25. The SMILES string of the molecule is CN(Cc1nc(C2CC2)no1)CC(C)(C)CN.Cl. The summed E-state index contributed by atoms with van der Waals surface area (Å²) in [5.41, 5.74) is 5.84. The van der Waals surface area contributed by atoms with Gasteiger partial charge in [-0.1, -0.05) is 19.0 Å². The molecule has 1 aromatic heterocycles. The van der Waals surface area contributed by atoms with Crippen molar-refractivity contribution in [2.75, 3.05) is 20.1 Å². The molecular formula is C12H23ClN4O. The number of rotatable bonds is 6. The highest BCUT2D eigenvalue weighted by molar-refractivity contribution is 5.85. The van der Waals surface area contributed by atoms with Crippen molar-refractivity contribution in [1.29, 1.82) is 0 Å². The summed E-state index contributed by atoms with van der Waals surface area (Å²) in [6, 6.07) is 0. The second kappa shape index (κ2) is 5.99. The van der Waals surface area contributed by atoms with E-state index in [9.17, 15) is 0 Å². The standard InChI is InChI=1S/C12H22N4O.ClH/c1-12(2,7-13)8-16(3)6-10-14-11(15-17-10)9-4-5-9;/h9H,4-8,13H2,1-3H3;1H. The minimum absolute atomic E-state index is 0. The highest BCUT2D eigenvalue weighted by Gasteiger charge is 2.29. The third-order valence-corrected chi connectivity index (χ3v) is 3.08. The van der Waals surface area contributed by atoms with Crippen LogP contribution in [0.3, 0.4) is 0 Å². The molecule has 0 amide bonds. The van der Waals surface area contributed by atoms with Crippen LogP contribution in [-0.4, -0.2) is 35.2 Å². The zero-order chi connectivity index (χ0) is 12.5. The van der Waals surface area contributed by atoms with E-state index >= 15 is 0 Å². The number of nitrogens with zero attached hydrogens (tertiary/aromatic N) is 3. The van der Waals surface area contributed by atoms with Crippen LogP contribution in [0.2, 0.25) is 0 Å². The summed E-state index contributed by atoms with van der Waals surface area (Å²) in [5, 5.41) is 4.01. The molecule has 1 heterocycles. The zero-order valence-electron chi connectivity index (χ0n) is 11.3. The molecule has 18 heavy (non-hydrogen) atoms. The Hall–Kier alpha value is -0.650. The summed E-state index contributed by atoms with van der Waals surface area (Å²) in [4.78, 5) is 6.60. The Morgan fingerprint density at radius 2 is 2.11 bits per heavy atom. The van der Waals surface area contributed by atoms with Crippen molar-refractivity contribution in [3.05, 3.63) is 11.7 Å². The van der Waals surface area contributed by atoms with Crippen molar-refractivity contribution in [3.63, 3.8) is 0 Å². The molecule has 6 heteroatoms. The molecule has 2 N–H and O–H groups in total. The normalized spacial score (nSPS) is 15.8. The molecule has 1 aliphatic rings.